The zero-order valence-corrected chi connectivity index (χ0v) is 11.6. The molecule has 0 saturated heterocycles. The van der Waals surface area contributed by atoms with E-state index in [1.807, 2.05) is 22.6 Å². The number of nitrogens with zero attached hydrogens (tertiary/aromatic N) is 2. The van der Waals surface area contributed by atoms with Gasteiger partial charge in [-0.25, -0.2) is 9.97 Å². The normalized spacial score (nSPS) is 9.94. The van der Waals surface area contributed by atoms with Gasteiger partial charge in [-0.05, 0) is 35.8 Å². The molecule has 8 heteroatoms. The van der Waals surface area contributed by atoms with Gasteiger partial charge in [0.1, 0.15) is 3.70 Å². The van der Waals surface area contributed by atoms with Gasteiger partial charge in [-0.2, -0.15) is 0 Å². The molecule has 6 nitrogen and oxygen atoms in total. The topological polar surface area (TPSA) is 105 Å². The number of nitrogen functional groups attached to an aromatic ring is 1. The summed E-state index contributed by atoms with van der Waals surface area (Å²) in [5.41, 5.74) is 6.28. The second-order valence-corrected chi connectivity index (χ2v) is 4.66. The summed E-state index contributed by atoms with van der Waals surface area (Å²) in [6, 6.07) is 0. The fourth-order valence-corrected chi connectivity index (χ4v) is 1.47. The van der Waals surface area contributed by atoms with E-state index in [-0.39, 0.29) is 16.7 Å². The number of carbonyl (C=O) groups is 1. The van der Waals surface area contributed by atoms with Crippen LogP contribution in [0.3, 0.4) is 0 Å². The molecule has 0 aliphatic heterocycles. The lowest BCUT2D eigenvalue weighted by molar-refractivity contribution is 0.0973. The molecular weight excluding hydrogens is 341 g/mol. The van der Waals surface area contributed by atoms with E-state index >= 15 is 0 Å². The van der Waals surface area contributed by atoms with Crippen LogP contribution in [0, 0.1) is 16.0 Å². The van der Waals surface area contributed by atoms with Crippen molar-refractivity contribution >= 4 is 51.2 Å². The minimum Gasteiger partial charge on any atom is -0.382 e. The van der Waals surface area contributed by atoms with Crippen molar-refractivity contribution in [1.29, 1.82) is 5.41 Å². The second kappa shape index (κ2) is 5.43. The lowest BCUT2D eigenvalue weighted by atomic mass is 10.3. The third kappa shape index (κ3) is 3.04. The number of hydrogen-bond acceptors (Lipinski definition) is 6. The molecule has 0 atom stereocenters. The van der Waals surface area contributed by atoms with Gasteiger partial charge >= 0.3 is 0 Å². The molecule has 1 rings (SSSR count). The maximum atomic E-state index is 11.6. The number of amidine groups is 1. The van der Waals surface area contributed by atoms with Crippen LogP contribution in [0.25, 0.3) is 0 Å². The number of nitrogens with one attached hydrogen (secondary N) is 2. The Morgan fingerprint density at radius 1 is 1.56 bits per heavy atom. The molecule has 0 spiro atoms. The highest BCUT2D eigenvalue weighted by Gasteiger charge is 2.15. The van der Waals surface area contributed by atoms with E-state index in [2.05, 4.69) is 15.3 Å². The van der Waals surface area contributed by atoms with E-state index in [0.29, 0.717) is 9.39 Å². The molecule has 0 fully saturated rings. The molecule has 0 unspecified atom stereocenters. The van der Waals surface area contributed by atoms with Gasteiger partial charge in [-0.3, -0.25) is 10.2 Å². The SMILES string of the molecule is CSC(=N)NC(=O)c1nc(C)c(I)nc1N. The molecule has 0 aliphatic rings. The maximum absolute atomic E-state index is 11.6. The van der Waals surface area contributed by atoms with Crippen LogP contribution in [0.5, 0.6) is 0 Å². The van der Waals surface area contributed by atoms with E-state index in [1.54, 1.807) is 13.2 Å². The Morgan fingerprint density at radius 2 is 2.19 bits per heavy atom. The average Bonchev–Trinajstić information content (AvgIpc) is 2.23. The van der Waals surface area contributed by atoms with Crippen LogP contribution in [-0.2, 0) is 0 Å². The predicted octanol–water partition coefficient (Wildman–Crippen LogP) is 0.999. The zero-order valence-electron chi connectivity index (χ0n) is 8.67. The molecule has 1 aromatic heterocycles. The average molecular weight is 351 g/mol. The number of aromatic nitrogens is 2. The third-order valence-corrected chi connectivity index (χ3v) is 3.22. The molecule has 0 aliphatic carbocycles. The molecule has 0 radical (unpaired) electrons. The highest BCUT2D eigenvalue weighted by Crippen LogP contribution is 2.12. The van der Waals surface area contributed by atoms with Gasteiger partial charge in [-0.1, -0.05) is 11.8 Å². The summed E-state index contributed by atoms with van der Waals surface area (Å²) in [4.78, 5) is 19.7. The van der Waals surface area contributed by atoms with Crippen molar-refractivity contribution in [2.75, 3.05) is 12.0 Å². The van der Waals surface area contributed by atoms with Gasteiger partial charge in [0.2, 0.25) is 0 Å². The number of carbonyl (C=O) groups excluding carboxylic acids is 1. The fraction of sp³-hybridized carbons (Fsp3) is 0.250. The van der Waals surface area contributed by atoms with Gasteiger partial charge in [0, 0.05) is 0 Å². The summed E-state index contributed by atoms with van der Waals surface area (Å²) < 4.78 is 0.659. The van der Waals surface area contributed by atoms with E-state index < -0.39 is 5.91 Å². The first-order valence-electron chi connectivity index (χ1n) is 4.19. The predicted molar refractivity (Wildman–Crippen MR) is 72.6 cm³/mol. The summed E-state index contributed by atoms with van der Waals surface area (Å²) in [7, 11) is 0. The second-order valence-electron chi connectivity index (χ2n) is 2.82. The maximum Gasteiger partial charge on any atom is 0.279 e. The smallest absolute Gasteiger partial charge is 0.279 e. The molecule has 1 aromatic rings. The van der Waals surface area contributed by atoms with Crippen molar-refractivity contribution in [3.05, 3.63) is 15.1 Å². The van der Waals surface area contributed by atoms with Crippen molar-refractivity contribution in [3.63, 3.8) is 0 Å². The number of rotatable bonds is 1. The van der Waals surface area contributed by atoms with Gasteiger partial charge < -0.3 is 11.1 Å². The third-order valence-electron chi connectivity index (χ3n) is 1.69. The number of nitrogens with two attached hydrogens (primary N) is 1. The van der Waals surface area contributed by atoms with Gasteiger partial charge in [0.25, 0.3) is 5.91 Å². The number of halogens is 1. The van der Waals surface area contributed by atoms with E-state index in [0.717, 1.165) is 11.8 Å². The number of thioether (sulfide) groups is 1. The summed E-state index contributed by atoms with van der Waals surface area (Å²) >= 11 is 3.11. The Balaban J connectivity index is 3.00. The molecule has 4 N–H and O–H groups in total. The van der Waals surface area contributed by atoms with Crippen LogP contribution in [0.2, 0.25) is 0 Å². The van der Waals surface area contributed by atoms with E-state index in [1.165, 1.54) is 0 Å². The van der Waals surface area contributed by atoms with Crippen LogP contribution in [-0.4, -0.2) is 27.3 Å². The first-order chi connectivity index (χ1) is 7.45. The molecular formula is C8H10IN5OS. The summed E-state index contributed by atoms with van der Waals surface area (Å²) in [6.07, 6.45) is 1.69. The van der Waals surface area contributed by atoms with Crippen LogP contribution in [0.1, 0.15) is 16.2 Å². The van der Waals surface area contributed by atoms with Crippen LogP contribution < -0.4 is 11.1 Å². The molecule has 16 heavy (non-hydrogen) atoms. The number of aryl methyl sites for hydroxylation is 1. The Morgan fingerprint density at radius 3 is 2.75 bits per heavy atom. The minimum atomic E-state index is -0.510. The lowest BCUT2D eigenvalue weighted by Crippen LogP contribution is -2.29. The summed E-state index contributed by atoms with van der Waals surface area (Å²) in [5, 5.41) is 9.72. The van der Waals surface area contributed by atoms with Crippen molar-refractivity contribution in [2.45, 2.75) is 6.92 Å². The fourth-order valence-electron chi connectivity index (χ4n) is 0.891. The van der Waals surface area contributed by atoms with Crippen molar-refractivity contribution in [1.82, 2.24) is 15.3 Å². The summed E-state index contributed by atoms with van der Waals surface area (Å²) in [6.45, 7) is 1.74. The largest absolute Gasteiger partial charge is 0.382 e. The molecule has 1 heterocycles. The van der Waals surface area contributed by atoms with E-state index in [9.17, 15) is 4.79 Å². The van der Waals surface area contributed by atoms with Gasteiger partial charge in [0.15, 0.2) is 16.7 Å². The summed E-state index contributed by atoms with van der Waals surface area (Å²) in [5.74, 6) is -0.440. The standard InChI is InChI=1S/C8H10IN5OS/c1-3-5(9)13-6(10)4(12-3)7(15)14-8(11)16-2/h1-2H3,(H2,10,13)(H2,11,14,15). The first-order valence-corrected chi connectivity index (χ1v) is 6.49. The molecule has 0 bridgehead atoms. The van der Waals surface area contributed by atoms with Crippen LogP contribution in [0.15, 0.2) is 0 Å². The Hall–Kier alpha value is -0.900. The quantitative estimate of drug-likeness (QED) is 0.398. The van der Waals surface area contributed by atoms with Crippen LogP contribution in [0.4, 0.5) is 5.82 Å². The molecule has 86 valence electrons. The molecule has 0 saturated carbocycles. The molecule has 1 amide bonds. The Labute approximate surface area is 110 Å². The highest BCUT2D eigenvalue weighted by molar-refractivity contribution is 14.1. The lowest BCUT2D eigenvalue weighted by Gasteiger charge is -2.07. The number of anilines is 1. The van der Waals surface area contributed by atoms with Crippen molar-refractivity contribution < 1.29 is 4.79 Å². The number of amides is 1. The van der Waals surface area contributed by atoms with E-state index in [4.69, 9.17) is 11.1 Å². The van der Waals surface area contributed by atoms with Crippen LogP contribution >= 0.6 is 34.4 Å². The monoisotopic (exact) mass is 351 g/mol. The molecule has 0 aromatic carbocycles. The van der Waals surface area contributed by atoms with Gasteiger partial charge in [0.05, 0.1) is 5.69 Å². The highest BCUT2D eigenvalue weighted by atomic mass is 127. The Kier molecular flexibility index (Phi) is 4.47. The van der Waals surface area contributed by atoms with Crippen molar-refractivity contribution in [2.24, 2.45) is 0 Å². The zero-order chi connectivity index (χ0) is 12.3. The minimum absolute atomic E-state index is 0.0439. The Bertz CT molecular complexity index is 450. The van der Waals surface area contributed by atoms with Gasteiger partial charge in [-0.15, -0.1) is 0 Å². The van der Waals surface area contributed by atoms with Crippen molar-refractivity contribution in [3.8, 4) is 0 Å². The number of hydrogen-bond donors (Lipinski definition) is 3. The first kappa shape index (κ1) is 13.2.